The van der Waals surface area contributed by atoms with Gasteiger partial charge in [-0.2, -0.15) is 0 Å². The molecule has 1 N–H and O–H groups in total. The summed E-state index contributed by atoms with van der Waals surface area (Å²) in [6.07, 6.45) is 0.930. The maximum Gasteiger partial charge on any atom is 0.254 e. The zero-order valence-electron chi connectivity index (χ0n) is 12.3. The largest absolute Gasteiger partial charge is 0.360 e. The second-order valence-corrected chi connectivity index (χ2v) is 6.12. The molecule has 8 heteroatoms. The van der Waals surface area contributed by atoms with Crippen molar-refractivity contribution in [3.05, 3.63) is 33.9 Å². The minimum atomic E-state index is -0.196. The molecule has 0 radical (unpaired) electrons. The van der Waals surface area contributed by atoms with Gasteiger partial charge in [0.15, 0.2) is 11.0 Å². The number of nitrogens with one attached hydrogen (secondary N) is 1. The van der Waals surface area contributed by atoms with E-state index < -0.39 is 0 Å². The lowest BCUT2D eigenvalue weighted by molar-refractivity contribution is -0.116. The lowest BCUT2D eigenvalue weighted by atomic mass is 10.2. The van der Waals surface area contributed by atoms with E-state index in [9.17, 15) is 9.59 Å². The topological polar surface area (TPSA) is 90.0 Å². The number of hydrogen-bond donors (Lipinski definition) is 1. The van der Waals surface area contributed by atoms with Gasteiger partial charge in [-0.05, 0) is 13.3 Å². The average Bonchev–Trinajstić information content (AvgIpc) is 3.05. The summed E-state index contributed by atoms with van der Waals surface area (Å²) >= 11 is 1.51. The van der Waals surface area contributed by atoms with E-state index in [0.29, 0.717) is 22.5 Å². The third kappa shape index (κ3) is 2.92. The molecule has 22 heavy (non-hydrogen) atoms. The Balaban J connectivity index is 1.73. The second kappa shape index (κ2) is 5.96. The van der Waals surface area contributed by atoms with Crippen molar-refractivity contribution in [2.45, 2.75) is 37.9 Å². The first-order valence-electron chi connectivity index (χ1n) is 7.05. The highest BCUT2D eigenvalue weighted by Crippen LogP contribution is 2.32. The molecule has 2 aromatic rings. The number of amides is 1. The zero-order chi connectivity index (χ0) is 15.7. The molecular weight excluding hydrogens is 304 g/mol. The van der Waals surface area contributed by atoms with Gasteiger partial charge >= 0.3 is 0 Å². The fourth-order valence-corrected chi connectivity index (χ4v) is 3.53. The molecule has 2 aromatic heterocycles. The predicted molar refractivity (Wildman–Crippen MR) is 82.1 cm³/mol. The molecule has 0 fully saturated rings. The van der Waals surface area contributed by atoms with Crippen molar-refractivity contribution in [1.82, 2.24) is 14.7 Å². The Morgan fingerprint density at radius 3 is 3.05 bits per heavy atom. The maximum absolute atomic E-state index is 12.2. The van der Waals surface area contributed by atoms with Crippen LogP contribution in [-0.2, 0) is 11.2 Å². The van der Waals surface area contributed by atoms with Crippen molar-refractivity contribution in [2.75, 3.05) is 11.1 Å². The third-order valence-corrected chi connectivity index (χ3v) is 4.52. The zero-order valence-corrected chi connectivity index (χ0v) is 13.1. The van der Waals surface area contributed by atoms with Crippen LogP contribution in [-0.4, -0.2) is 26.4 Å². The number of thioether (sulfide) groups is 1. The summed E-state index contributed by atoms with van der Waals surface area (Å²) in [7, 11) is 0. The van der Waals surface area contributed by atoms with Gasteiger partial charge in [-0.15, -0.1) is 0 Å². The maximum atomic E-state index is 12.2. The van der Waals surface area contributed by atoms with Crippen LogP contribution in [0.4, 0.5) is 5.82 Å². The lowest BCUT2D eigenvalue weighted by Crippen LogP contribution is -2.27. The predicted octanol–water partition coefficient (Wildman–Crippen LogP) is 1.78. The fourth-order valence-electron chi connectivity index (χ4n) is 2.36. The van der Waals surface area contributed by atoms with Gasteiger partial charge in [-0.1, -0.05) is 23.8 Å². The van der Waals surface area contributed by atoms with Crippen LogP contribution in [0.5, 0.6) is 0 Å². The number of carbonyl (C=O) groups excluding carboxylic acids is 1. The Labute approximate surface area is 131 Å². The fraction of sp³-hybridized carbons (Fsp3) is 0.429. The van der Waals surface area contributed by atoms with E-state index in [0.717, 1.165) is 12.1 Å². The molecule has 116 valence electrons. The van der Waals surface area contributed by atoms with Crippen molar-refractivity contribution in [2.24, 2.45) is 0 Å². The molecule has 0 aliphatic carbocycles. The monoisotopic (exact) mass is 320 g/mol. The summed E-state index contributed by atoms with van der Waals surface area (Å²) in [6, 6.07) is 3.01. The molecule has 3 rings (SSSR count). The highest BCUT2D eigenvalue weighted by Gasteiger charge is 2.27. The molecule has 1 aliphatic heterocycles. The molecule has 0 bridgehead atoms. The van der Waals surface area contributed by atoms with Gasteiger partial charge < -0.3 is 9.84 Å². The van der Waals surface area contributed by atoms with Gasteiger partial charge in [0.2, 0.25) is 5.91 Å². The van der Waals surface area contributed by atoms with E-state index >= 15 is 0 Å². The standard InChI is InChI=1S/C14H16N4O3S/c1-3-9-5-13(20)18-10(7-22-14(18)15-9)6-12(19)16-11-4-8(2)21-17-11/h4-5,10H,3,6-7H2,1-2H3,(H,16,17,19). The summed E-state index contributed by atoms with van der Waals surface area (Å²) in [5.41, 5.74) is 0.689. The van der Waals surface area contributed by atoms with Crippen LogP contribution in [0.15, 0.2) is 26.6 Å². The first-order valence-corrected chi connectivity index (χ1v) is 8.03. The Hall–Kier alpha value is -2.09. The van der Waals surface area contributed by atoms with Crippen molar-refractivity contribution in [3.63, 3.8) is 0 Å². The number of hydrogen-bond acceptors (Lipinski definition) is 6. The van der Waals surface area contributed by atoms with Crippen LogP contribution >= 0.6 is 11.8 Å². The minimum Gasteiger partial charge on any atom is -0.360 e. The molecule has 0 saturated heterocycles. The van der Waals surface area contributed by atoms with Crippen LogP contribution in [0.25, 0.3) is 0 Å². The number of rotatable bonds is 4. The smallest absolute Gasteiger partial charge is 0.254 e. The van der Waals surface area contributed by atoms with Gasteiger partial charge in [0.05, 0.1) is 6.04 Å². The number of fused-ring (bicyclic) bond motifs is 1. The van der Waals surface area contributed by atoms with Gasteiger partial charge in [-0.25, -0.2) is 4.98 Å². The molecule has 0 saturated carbocycles. The molecular formula is C14H16N4O3S. The summed E-state index contributed by atoms with van der Waals surface area (Å²) < 4.78 is 6.51. The normalized spacial score (nSPS) is 16.5. The number of aryl methyl sites for hydroxylation is 2. The molecule has 1 amide bonds. The number of aromatic nitrogens is 3. The molecule has 1 unspecified atom stereocenters. The number of carbonyl (C=O) groups is 1. The van der Waals surface area contributed by atoms with Gasteiger partial charge in [0.1, 0.15) is 5.76 Å². The summed E-state index contributed by atoms with van der Waals surface area (Å²) in [5.74, 6) is 1.49. The minimum absolute atomic E-state index is 0.0954. The lowest BCUT2D eigenvalue weighted by Gasteiger charge is -2.12. The van der Waals surface area contributed by atoms with E-state index in [1.165, 1.54) is 11.8 Å². The number of anilines is 1. The Morgan fingerprint density at radius 1 is 1.55 bits per heavy atom. The third-order valence-electron chi connectivity index (χ3n) is 3.42. The summed E-state index contributed by atoms with van der Waals surface area (Å²) in [4.78, 5) is 28.7. The Kier molecular flexibility index (Phi) is 4.02. The first kappa shape index (κ1) is 14.8. The molecule has 0 spiro atoms. The van der Waals surface area contributed by atoms with Crippen LogP contribution in [0, 0.1) is 6.92 Å². The molecule has 1 aliphatic rings. The molecule has 3 heterocycles. The SMILES string of the molecule is CCc1cc(=O)n2c(n1)SCC2CC(=O)Nc1cc(C)on1. The molecule has 0 aromatic carbocycles. The highest BCUT2D eigenvalue weighted by molar-refractivity contribution is 7.99. The van der Waals surface area contributed by atoms with Crippen molar-refractivity contribution in [1.29, 1.82) is 0 Å². The Bertz CT molecular complexity index is 768. The van der Waals surface area contributed by atoms with Gasteiger partial charge in [-0.3, -0.25) is 14.2 Å². The van der Waals surface area contributed by atoms with Crippen LogP contribution in [0.3, 0.4) is 0 Å². The van der Waals surface area contributed by atoms with Gasteiger partial charge in [0.25, 0.3) is 5.56 Å². The molecule has 7 nitrogen and oxygen atoms in total. The van der Waals surface area contributed by atoms with E-state index in [1.807, 2.05) is 6.92 Å². The quantitative estimate of drug-likeness (QED) is 0.864. The average molecular weight is 320 g/mol. The van der Waals surface area contributed by atoms with Crippen molar-refractivity contribution < 1.29 is 9.32 Å². The Morgan fingerprint density at radius 2 is 2.36 bits per heavy atom. The van der Waals surface area contributed by atoms with Gasteiger partial charge in [0, 0.05) is 30.0 Å². The van der Waals surface area contributed by atoms with E-state index in [2.05, 4.69) is 15.5 Å². The summed E-state index contributed by atoms with van der Waals surface area (Å²) in [6.45, 7) is 3.71. The van der Waals surface area contributed by atoms with Crippen molar-refractivity contribution in [3.8, 4) is 0 Å². The molecule has 1 atom stereocenters. The van der Waals surface area contributed by atoms with Crippen molar-refractivity contribution >= 4 is 23.5 Å². The van der Waals surface area contributed by atoms with Crippen LogP contribution in [0.2, 0.25) is 0 Å². The van der Waals surface area contributed by atoms with E-state index in [1.54, 1.807) is 23.6 Å². The van der Waals surface area contributed by atoms with Crippen LogP contribution in [0.1, 0.15) is 30.8 Å². The number of nitrogens with zero attached hydrogens (tertiary/aromatic N) is 3. The first-order chi connectivity index (χ1) is 10.6. The summed E-state index contributed by atoms with van der Waals surface area (Å²) in [5, 5.41) is 7.09. The van der Waals surface area contributed by atoms with E-state index in [4.69, 9.17) is 4.52 Å². The van der Waals surface area contributed by atoms with Crippen LogP contribution < -0.4 is 10.9 Å². The van der Waals surface area contributed by atoms with E-state index in [-0.39, 0.29) is 23.9 Å². The second-order valence-electron chi connectivity index (χ2n) is 5.13. The highest BCUT2D eigenvalue weighted by atomic mass is 32.2.